The fourth-order valence-corrected chi connectivity index (χ4v) is 3.88. The van der Waals surface area contributed by atoms with E-state index in [2.05, 4.69) is 14.9 Å². The first-order valence-electron chi connectivity index (χ1n) is 8.64. The number of nitrogens with one attached hydrogen (secondary N) is 1. The van der Waals surface area contributed by atoms with Gasteiger partial charge in [-0.1, -0.05) is 6.07 Å². The molecule has 28 heavy (non-hydrogen) atoms. The molecule has 0 aliphatic heterocycles. The Labute approximate surface area is 163 Å². The largest absolute Gasteiger partial charge is 0.475 e. The van der Waals surface area contributed by atoms with Crippen LogP contribution >= 0.6 is 0 Å². The standard InChI is InChI=1S/C20H20FN3O3S/c1-14-11-15(2)13-18(12-14)28(25,26)22-9-10-27-20-8-7-19(23-24-20)16-3-5-17(21)6-4-16/h3-8,11-13,22H,9-10H2,1-2H3. The van der Waals surface area contributed by atoms with Crippen LogP contribution in [0.3, 0.4) is 0 Å². The molecular formula is C20H20FN3O3S. The highest BCUT2D eigenvalue weighted by Gasteiger charge is 2.14. The summed E-state index contributed by atoms with van der Waals surface area (Å²) in [4.78, 5) is 0.230. The van der Waals surface area contributed by atoms with Crippen molar-refractivity contribution in [1.82, 2.24) is 14.9 Å². The first kappa shape index (κ1) is 19.9. The molecule has 0 atom stereocenters. The lowest BCUT2D eigenvalue weighted by molar-refractivity contribution is 0.307. The molecule has 0 aliphatic rings. The molecule has 0 fully saturated rings. The van der Waals surface area contributed by atoms with E-state index >= 15 is 0 Å². The Morgan fingerprint density at radius 1 is 0.964 bits per heavy atom. The summed E-state index contributed by atoms with van der Waals surface area (Å²) in [5.41, 5.74) is 3.09. The monoisotopic (exact) mass is 401 g/mol. The lowest BCUT2D eigenvalue weighted by atomic mass is 10.1. The number of rotatable bonds is 7. The number of aryl methyl sites for hydroxylation is 2. The molecule has 3 aromatic rings. The number of sulfonamides is 1. The minimum Gasteiger partial charge on any atom is -0.475 e. The van der Waals surface area contributed by atoms with Crippen molar-refractivity contribution in [3.8, 4) is 17.1 Å². The summed E-state index contributed by atoms with van der Waals surface area (Å²) in [6, 6.07) is 14.4. The van der Waals surface area contributed by atoms with E-state index in [9.17, 15) is 12.8 Å². The van der Waals surface area contributed by atoms with Gasteiger partial charge in [0.05, 0.1) is 10.6 Å². The molecule has 0 spiro atoms. The van der Waals surface area contributed by atoms with Crippen LogP contribution in [0.5, 0.6) is 5.88 Å². The maximum atomic E-state index is 13.0. The van der Waals surface area contributed by atoms with Gasteiger partial charge in [0.1, 0.15) is 12.4 Å². The molecule has 3 rings (SSSR count). The normalized spacial score (nSPS) is 11.4. The van der Waals surface area contributed by atoms with Crippen molar-refractivity contribution >= 4 is 10.0 Å². The quantitative estimate of drug-likeness (QED) is 0.615. The zero-order chi connectivity index (χ0) is 20.1. The predicted octanol–water partition coefficient (Wildman–Crippen LogP) is 3.26. The fourth-order valence-electron chi connectivity index (χ4n) is 2.67. The van der Waals surface area contributed by atoms with Gasteiger partial charge in [-0.15, -0.1) is 10.2 Å². The van der Waals surface area contributed by atoms with E-state index < -0.39 is 10.0 Å². The van der Waals surface area contributed by atoms with Crippen LogP contribution in [0.25, 0.3) is 11.3 Å². The van der Waals surface area contributed by atoms with Crippen LogP contribution in [-0.2, 0) is 10.0 Å². The van der Waals surface area contributed by atoms with Crippen LogP contribution in [-0.4, -0.2) is 31.8 Å². The second-order valence-electron chi connectivity index (χ2n) is 6.33. The third-order valence-corrected chi connectivity index (χ3v) is 5.37. The van der Waals surface area contributed by atoms with E-state index in [0.717, 1.165) is 16.7 Å². The average molecular weight is 401 g/mol. The second kappa shape index (κ2) is 8.45. The van der Waals surface area contributed by atoms with E-state index in [-0.39, 0.29) is 29.7 Å². The molecule has 0 aliphatic carbocycles. The van der Waals surface area contributed by atoms with Crippen molar-refractivity contribution in [2.24, 2.45) is 0 Å². The van der Waals surface area contributed by atoms with E-state index in [1.54, 1.807) is 36.4 Å². The molecule has 1 aromatic heterocycles. The molecule has 0 amide bonds. The Hall–Kier alpha value is -2.84. The Bertz CT molecular complexity index is 1030. The van der Waals surface area contributed by atoms with Crippen molar-refractivity contribution < 1.29 is 17.5 Å². The minimum absolute atomic E-state index is 0.0940. The van der Waals surface area contributed by atoms with Crippen molar-refractivity contribution in [2.75, 3.05) is 13.2 Å². The van der Waals surface area contributed by atoms with Crippen LogP contribution < -0.4 is 9.46 Å². The molecule has 0 saturated heterocycles. The summed E-state index contributed by atoms with van der Waals surface area (Å²) in [5.74, 6) is -0.0450. The Morgan fingerprint density at radius 2 is 1.64 bits per heavy atom. The van der Waals surface area contributed by atoms with Crippen LogP contribution in [0.15, 0.2) is 59.5 Å². The molecule has 1 heterocycles. The number of nitrogens with zero attached hydrogens (tertiary/aromatic N) is 2. The number of hydrogen-bond acceptors (Lipinski definition) is 5. The molecule has 0 saturated carbocycles. The zero-order valence-electron chi connectivity index (χ0n) is 15.5. The van der Waals surface area contributed by atoms with Crippen molar-refractivity contribution in [2.45, 2.75) is 18.7 Å². The van der Waals surface area contributed by atoms with E-state index in [1.165, 1.54) is 12.1 Å². The predicted molar refractivity (Wildman–Crippen MR) is 104 cm³/mol. The van der Waals surface area contributed by atoms with E-state index in [1.807, 2.05) is 19.9 Å². The Balaban J connectivity index is 1.54. The number of halogens is 1. The fraction of sp³-hybridized carbons (Fsp3) is 0.200. The van der Waals surface area contributed by atoms with Gasteiger partial charge in [0.2, 0.25) is 15.9 Å². The Morgan fingerprint density at radius 3 is 2.25 bits per heavy atom. The summed E-state index contributed by atoms with van der Waals surface area (Å²) in [5, 5.41) is 7.99. The number of aromatic nitrogens is 2. The van der Waals surface area contributed by atoms with Gasteiger partial charge in [-0.25, -0.2) is 17.5 Å². The van der Waals surface area contributed by atoms with Gasteiger partial charge < -0.3 is 4.74 Å². The highest BCUT2D eigenvalue weighted by molar-refractivity contribution is 7.89. The summed E-state index contributed by atoms with van der Waals surface area (Å²) in [6.07, 6.45) is 0. The second-order valence-corrected chi connectivity index (χ2v) is 8.10. The maximum Gasteiger partial charge on any atom is 0.240 e. The zero-order valence-corrected chi connectivity index (χ0v) is 16.3. The molecule has 0 unspecified atom stereocenters. The van der Waals surface area contributed by atoms with E-state index in [4.69, 9.17) is 4.74 Å². The molecule has 1 N–H and O–H groups in total. The maximum absolute atomic E-state index is 13.0. The van der Waals surface area contributed by atoms with Crippen molar-refractivity contribution in [1.29, 1.82) is 0 Å². The molecule has 0 bridgehead atoms. The SMILES string of the molecule is Cc1cc(C)cc(S(=O)(=O)NCCOc2ccc(-c3ccc(F)cc3)nn2)c1. The number of hydrogen-bond donors (Lipinski definition) is 1. The van der Waals surface area contributed by atoms with Gasteiger partial charge in [0.25, 0.3) is 0 Å². The van der Waals surface area contributed by atoms with Gasteiger partial charge in [-0.3, -0.25) is 0 Å². The molecular weight excluding hydrogens is 381 g/mol. The van der Waals surface area contributed by atoms with Crippen LogP contribution in [0.4, 0.5) is 4.39 Å². The molecule has 6 nitrogen and oxygen atoms in total. The number of benzene rings is 2. The molecule has 0 radical (unpaired) electrons. The summed E-state index contributed by atoms with van der Waals surface area (Å²) < 4.78 is 45.6. The van der Waals surface area contributed by atoms with E-state index in [0.29, 0.717) is 5.69 Å². The third-order valence-electron chi connectivity index (χ3n) is 3.93. The first-order chi connectivity index (χ1) is 13.3. The van der Waals surface area contributed by atoms with Crippen molar-refractivity contribution in [3.63, 3.8) is 0 Å². The van der Waals surface area contributed by atoms with Crippen LogP contribution in [0.1, 0.15) is 11.1 Å². The molecule has 2 aromatic carbocycles. The highest BCUT2D eigenvalue weighted by Crippen LogP contribution is 2.18. The first-order valence-corrected chi connectivity index (χ1v) is 10.1. The van der Waals surface area contributed by atoms with Gasteiger partial charge >= 0.3 is 0 Å². The van der Waals surface area contributed by atoms with Gasteiger partial charge in [0.15, 0.2) is 0 Å². The van der Waals surface area contributed by atoms with Gasteiger partial charge in [0, 0.05) is 18.2 Å². The number of ether oxygens (including phenoxy) is 1. The summed E-state index contributed by atoms with van der Waals surface area (Å²) in [7, 11) is -3.60. The van der Waals surface area contributed by atoms with Crippen molar-refractivity contribution in [3.05, 3.63) is 71.5 Å². The summed E-state index contributed by atoms with van der Waals surface area (Å²) >= 11 is 0. The third kappa shape index (κ3) is 5.11. The topological polar surface area (TPSA) is 81.2 Å². The van der Waals surface area contributed by atoms with Gasteiger partial charge in [-0.2, -0.15) is 0 Å². The lowest BCUT2D eigenvalue weighted by Gasteiger charge is -2.09. The van der Waals surface area contributed by atoms with Crippen LogP contribution in [0.2, 0.25) is 0 Å². The van der Waals surface area contributed by atoms with Gasteiger partial charge in [-0.05, 0) is 67.4 Å². The van der Waals surface area contributed by atoms with Crippen LogP contribution in [0, 0.1) is 19.7 Å². The highest BCUT2D eigenvalue weighted by atomic mass is 32.2. The average Bonchev–Trinajstić information content (AvgIpc) is 2.66. The smallest absolute Gasteiger partial charge is 0.240 e. The summed E-state index contributed by atoms with van der Waals surface area (Å²) in [6.45, 7) is 3.90. The Kier molecular flexibility index (Phi) is 6.01. The lowest BCUT2D eigenvalue weighted by Crippen LogP contribution is -2.28. The minimum atomic E-state index is -3.60. The molecule has 146 valence electrons. The molecule has 8 heteroatoms.